The Morgan fingerprint density at radius 3 is 2.50 bits per heavy atom. The summed E-state index contributed by atoms with van der Waals surface area (Å²) >= 11 is 0. The van der Waals surface area contributed by atoms with Crippen molar-refractivity contribution in [2.24, 2.45) is 11.3 Å². The molecule has 0 aromatic carbocycles. The second kappa shape index (κ2) is 3.49. The van der Waals surface area contributed by atoms with Crippen LogP contribution in [0.2, 0.25) is 0 Å². The molecule has 3 heterocycles. The van der Waals surface area contributed by atoms with E-state index in [1.165, 1.54) is 32.6 Å². The Morgan fingerprint density at radius 2 is 1.93 bits per heavy atom. The molecule has 2 unspecified atom stereocenters. The van der Waals surface area contributed by atoms with E-state index < -0.39 is 0 Å². The van der Waals surface area contributed by atoms with Crippen molar-refractivity contribution in [3.8, 4) is 0 Å². The van der Waals surface area contributed by atoms with Crippen LogP contribution >= 0.6 is 0 Å². The molecular weight excluding hydrogens is 172 g/mol. The third kappa shape index (κ3) is 1.70. The third-order valence-corrected chi connectivity index (χ3v) is 4.19. The number of hydrogen-bond acceptors (Lipinski definition) is 2. The lowest BCUT2D eigenvalue weighted by Gasteiger charge is -2.45. The molecule has 2 bridgehead atoms. The summed E-state index contributed by atoms with van der Waals surface area (Å²) in [6.07, 6.45) is 1.42. The van der Waals surface area contributed by atoms with Crippen LogP contribution in [0.3, 0.4) is 0 Å². The van der Waals surface area contributed by atoms with Gasteiger partial charge >= 0.3 is 0 Å². The van der Waals surface area contributed by atoms with E-state index in [0.29, 0.717) is 5.41 Å². The van der Waals surface area contributed by atoms with E-state index in [9.17, 15) is 0 Å². The highest BCUT2D eigenvalue weighted by Crippen LogP contribution is 2.40. The third-order valence-electron chi connectivity index (χ3n) is 4.19. The minimum absolute atomic E-state index is 0.515. The van der Waals surface area contributed by atoms with Gasteiger partial charge in [0.1, 0.15) is 0 Å². The van der Waals surface area contributed by atoms with E-state index in [-0.39, 0.29) is 0 Å². The minimum Gasteiger partial charge on any atom is -0.302 e. The Morgan fingerprint density at radius 1 is 1.21 bits per heavy atom. The summed E-state index contributed by atoms with van der Waals surface area (Å²) in [5.41, 5.74) is 0.515. The van der Waals surface area contributed by atoms with E-state index in [4.69, 9.17) is 0 Å². The summed E-state index contributed by atoms with van der Waals surface area (Å²) in [5.74, 6) is 0.897. The number of likely N-dealkylation sites (N-methyl/N-ethyl adjacent to an activating group) is 2. The summed E-state index contributed by atoms with van der Waals surface area (Å²) in [7, 11) is 2.30. The molecule has 0 amide bonds. The fourth-order valence-electron chi connectivity index (χ4n) is 3.53. The predicted octanol–water partition coefficient (Wildman–Crippen LogP) is 1.67. The summed E-state index contributed by atoms with van der Waals surface area (Å²) in [4.78, 5) is 5.22. The molecule has 0 saturated carbocycles. The van der Waals surface area contributed by atoms with Crippen molar-refractivity contribution in [1.82, 2.24) is 9.80 Å². The van der Waals surface area contributed by atoms with E-state index in [1.807, 2.05) is 0 Å². The maximum Gasteiger partial charge on any atom is 0.0271 e. The number of hydrogen-bond donors (Lipinski definition) is 0. The van der Waals surface area contributed by atoms with Crippen LogP contribution in [0.15, 0.2) is 0 Å². The lowest BCUT2D eigenvalue weighted by atomic mass is 9.74. The first kappa shape index (κ1) is 10.4. The van der Waals surface area contributed by atoms with Gasteiger partial charge in [-0.1, -0.05) is 20.8 Å². The van der Waals surface area contributed by atoms with E-state index in [2.05, 4.69) is 37.6 Å². The smallest absolute Gasteiger partial charge is 0.0271 e. The molecule has 3 aliphatic heterocycles. The summed E-state index contributed by atoms with van der Waals surface area (Å²) < 4.78 is 0. The molecule has 2 heteroatoms. The number of nitrogens with zero attached hydrogens (tertiary/aromatic N) is 2. The van der Waals surface area contributed by atoms with Crippen LogP contribution in [-0.2, 0) is 0 Å². The zero-order valence-corrected chi connectivity index (χ0v) is 10.1. The highest BCUT2D eigenvalue weighted by atomic mass is 15.3. The van der Waals surface area contributed by atoms with E-state index >= 15 is 0 Å². The van der Waals surface area contributed by atoms with Gasteiger partial charge < -0.3 is 9.80 Å². The molecule has 3 saturated heterocycles. The zero-order chi connectivity index (χ0) is 10.3. The summed E-state index contributed by atoms with van der Waals surface area (Å²) in [5, 5.41) is 0. The second-order valence-corrected chi connectivity index (χ2v) is 5.87. The van der Waals surface area contributed by atoms with Crippen molar-refractivity contribution < 1.29 is 0 Å². The lowest BCUT2D eigenvalue weighted by molar-refractivity contribution is 0.0444. The van der Waals surface area contributed by atoms with Crippen LogP contribution in [0, 0.1) is 11.3 Å². The molecule has 0 aromatic heterocycles. The first-order valence-electron chi connectivity index (χ1n) is 5.95. The number of piperidine rings is 1. The maximum absolute atomic E-state index is 2.63. The molecule has 14 heavy (non-hydrogen) atoms. The number of fused-ring (bicyclic) bond motifs is 4. The SMILES string of the molecule is CCN1CC2CN(C)C(C1)C(C)(C)C2. The molecule has 0 N–H and O–H groups in total. The number of rotatable bonds is 1. The van der Waals surface area contributed by atoms with Gasteiger partial charge in [0.25, 0.3) is 0 Å². The van der Waals surface area contributed by atoms with Gasteiger partial charge in [-0.25, -0.2) is 0 Å². The summed E-state index contributed by atoms with van der Waals surface area (Å²) in [6.45, 7) is 12.3. The van der Waals surface area contributed by atoms with Crippen molar-refractivity contribution in [2.75, 3.05) is 33.2 Å². The van der Waals surface area contributed by atoms with Crippen LogP contribution < -0.4 is 0 Å². The Bertz CT molecular complexity index is 212. The quantitative estimate of drug-likeness (QED) is 0.629. The van der Waals surface area contributed by atoms with Crippen molar-refractivity contribution in [3.05, 3.63) is 0 Å². The van der Waals surface area contributed by atoms with Crippen LogP contribution in [-0.4, -0.2) is 49.1 Å². The van der Waals surface area contributed by atoms with E-state index in [0.717, 1.165) is 12.0 Å². The molecule has 0 aliphatic carbocycles. The monoisotopic (exact) mass is 196 g/mol. The van der Waals surface area contributed by atoms with Gasteiger partial charge in [-0.3, -0.25) is 0 Å². The molecular formula is C12H24N2. The molecule has 3 aliphatic rings. The topological polar surface area (TPSA) is 6.48 Å². The van der Waals surface area contributed by atoms with Crippen molar-refractivity contribution in [2.45, 2.75) is 33.2 Å². The van der Waals surface area contributed by atoms with Gasteiger partial charge in [0, 0.05) is 25.7 Å². The van der Waals surface area contributed by atoms with Gasteiger partial charge in [0.2, 0.25) is 0 Å². The molecule has 82 valence electrons. The largest absolute Gasteiger partial charge is 0.302 e. The minimum atomic E-state index is 0.515. The molecule has 0 aromatic rings. The fourth-order valence-corrected chi connectivity index (χ4v) is 3.53. The summed E-state index contributed by atoms with van der Waals surface area (Å²) in [6, 6.07) is 0.765. The highest BCUT2D eigenvalue weighted by molar-refractivity contribution is 4.98. The molecule has 2 nitrogen and oxygen atoms in total. The predicted molar refractivity (Wildman–Crippen MR) is 60.4 cm³/mol. The normalized spacial score (nSPS) is 38.6. The Balaban J connectivity index is 2.21. The maximum atomic E-state index is 2.63. The first-order valence-corrected chi connectivity index (χ1v) is 5.95. The standard InChI is InChI=1S/C12H24N2/c1-5-14-8-10-6-12(2,3)11(9-14)13(4)7-10/h10-11H,5-9H2,1-4H3. The molecule has 2 atom stereocenters. The molecule has 0 spiro atoms. The zero-order valence-electron chi connectivity index (χ0n) is 10.1. The van der Waals surface area contributed by atoms with Crippen molar-refractivity contribution >= 4 is 0 Å². The van der Waals surface area contributed by atoms with Gasteiger partial charge in [-0.05, 0) is 31.3 Å². The average molecular weight is 196 g/mol. The van der Waals surface area contributed by atoms with Crippen LogP contribution in [0.5, 0.6) is 0 Å². The van der Waals surface area contributed by atoms with Crippen molar-refractivity contribution in [3.63, 3.8) is 0 Å². The van der Waals surface area contributed by atoms with Gasteiger partial charge in [0.05, 0.1) is 0 Å². The Hall–Kier alpha value is -0.0800. The average Bonchev–Trinajstić information content (AvgIpc) is 2.29. The highest BCUT2D eigenvalue weighted by Gasteiger charge is 2.43. The van der Waals surface area contributed by atoms with E-state index in [1.54, 1.807) is 0 Å². The second-order valence-electron chi connectivity index (χ2n) is 5.87. The Kier molecular flexibility index (Phi) is 2.61. The first-order chi connectivity index (χ1) is 6.53. The Labute approximate surface area is 88.3 Å². The van der Waals surface area contributed by atoms with Gasteiger partial charge in [0.15, 0.2) is 0 Å². The molecule has 3 fully saturated rings. The van der Waals surface area contributed by atoms with Crippen LogP contribution in [0.4, 0.5) is 0 Å². The lowest BCUT2D eigenvalue weighted by Crippen LogP contribution is -2.51. The van der Waals surface area contributed by atoms with Crippen molar-refractivity contribution in [1.29, 1.82) is 0 Å². The molecule has 3 rings (SSSR count). The fraction of sp³-hybridized carbons (Fsp3) is 1.00. The van der Waals surface area contributed by atoms with Gasteiger partial charge in [-0.15, -0.1) is 0 Å². The van der Waals surface area contributed by atoms with Crippen LogP contribution in [0.1, 0.15) is 27.2 Å². The molecule has 0 radical (unpaired) electrons. The van der Waals surface area contributed by atoms with Crippen LogP contribution in [0.25, 0.3) is 0 Å². The van der Waals surface area contributed by atoms with Gasteiger partial charge in [-0.2, -0.15) is 0 Å².